The van der Waals surface area contributed by atoms with Crippen molar-refractivity contribution in [2.75, 3.05) is 0 Å². The molecule has 1 aromatic rings. The van der Waals surface area contributed by atoms with E-state index in [0.717, 1.165) is 32.1 Å². The molecule has 0 bridgehead atoms. The fraction of sp³-hybridized carbons (Fsp3) is 0.615. The van der Waals surface area contributed by atoms with Gasteiger partial charge < -0.3 is 10.4 Å². The van der Waals surface area contributed by atoms with Crippen LogP contribution in [0.5, 0.6) is 0 Å². The van der Waals surface area contributed by atoms with E-state index >= 15 is 0 Å². The number of nitrogens with one attached hydrogen (secondary N) is 1. The van der Waals surface area contributed by atoms with Crippen molar-refractivity contribution in [1.82, 2.24) is 10.3 Å². The van der Waals surface area contributed by atoms with Crippen molar-refractivity contribution in [3.05, 3.63) is 16.6 Å². The minimum absolute atomic E-state index is 0.266. The zero-order chi connectivity index (χ0) is 13.7. The van der Waals surface area contributed by atoms with Crippen molar-refractivity contribution < 1.29 is 14.7 Å². The standard InChI is InChI=1S/C13H18N2O3S/c16-12(11-7-19-8-14-11)15-10-6-4-2-1-3-5-9(10)13(17)18/h7-10H,1-6H2,(H,15,16)(H,17,18). The SMILES string of the molecule is O=C(NC1CCCCCCC1C(=O)O)c1cscn1. The van der Waals surface area contributed by atoms with Gasteiger partial charge in [-0.25, -0.2) is 4.98 Å². The number of thiazole rings is 1. The Bertz CT molecular complexity index is 433. The van der Waals surface area contributed by atoms with Gasteiger partial charge in [0.15, 0.2) is 0 Å². The van der Waals surface area contributed by atoms with E-state index in [2.05, 4.69) is 10.3 Å². The second-order valence-corrected chi connectivity index (χ2v) is 5.61. The maximum Gasteiger partial charge on any atom is 0.308 e. The van der Waals surface area contributed by atoms with Gasteiger partial charge in [0, 0.05) is 11.4 Å². The third kappa shape index (κ3) is 3.76. The summed E-state index contributed by atoms with van der Waals surface area (Å²) in [6.07, 6.45) is 5.43. The van der Waals surface area contributed by atoms with Crippen LogP contribution in [-0.2, 0) is 4.79 Å². The highest BCUT2D eigenvalue weighted by molar-refractivity contribution is 7.07. The number of nitrogens with zero attached hydrogens (tertiary/aromatic N) is 1. The molecule has 0 spiro atoms. The third-order valence-electron chi connectivity index (χ3n) is 3.56. The summed E-state index contributed by atoms with van der Waals surface area (Å²) in [6, 6.07) is -0.285. The molecule has 1 fully saturated rings. The molecular formula is C13H18N2O3S. The van der Waals surface area contributed by atoms with Crippen LogP contribution < -0.4 is 5.32 Å². The first-order chi connectivity index (χ1) is 9.18. The maximum absolute atomic E-state index is 12.0. The molecular weight excluding hydrogens is 264 g/mol. The first-order valence-electron chi connectivity index (χ1n) is 6.60. The zero-order valence-electron chi connectivity index (χ0n) is 10.7. The van der Waals surface area contributed by atoms with Gasteiger partial charge in [-0.05, 0) is 12.8 Å². The van der Waals surface area contributed by atoms with E-state index in [0.29, 0.717) is 12.1 Å². The van der Waals surface area contributed by atoms with Crippen LogP contribution in [0, 0.1) is 5.92 Å². The predicted octanol–water partition coefficient (Wildman–Crippen LogP) is 2.30. The maximum atomic E-state index is 12.0. The summed E-state index contributed by atoms with van der Waals surface area (Å²) in [5.41, 5.74) is 1.97. The molecule has 0 radical (unpaired) electrons. The molecule has 104 valence electrons. The van der Waals surface area contributed by atoms with E-state index in [1.54, 1.807) is 10.9 Å². The van der Waals surface area contributed by atoms with Crippen molar-refractivity contribution in [3.8, 4) is 0 Å². The van der Waals surface area contributed by atoms with Gasteiger partial charge in [0.25, 0.3) is 5.91 Å². The van der Waals surface area contributed by atoms with Crippen LogP contribution in [0.3, 0.4) is 0 Å². The Kier molecular flexibility index (Phi) is 4.90. The number of carbonyl (C=O) groups excluding carboxylic acids is 1. The lowest BCUT2D eigenvalue weighted by molar-refractivity contribution is -0.143. The molecule has 6 heteroatoms. The van der Waals surface area contributed by atoms with Crippen molar-refractivity contribution in [2.45, 2.75) is 44.6 Å². The summed E-state index contributed by atoms with van der Waals surface area (Å²) < 4.78 is 0. The second-order valence-electron chi connectivity index (χ2n) is 4.89. The van der Waals surface area contributed by atoms with Crippen LogP contribution in [0.1, 0.15) is 49.0 Å². The number of hydrogen-bond donors (Lipinski definition) is 2. The number of amides is 1. The Morgan fingerprint density at radius 1 is 1.26 bits per heavy atom. The Balaban J connectivity index is 2.04. The molecule has 19 heavy (non-hydrogen) atoms. The topological polar surface area (TPSA) is 79.3 Å². The molecule has 1 aromatic heterocycles. The molecule has 1 aliphatic rings. The van der Waals surface area contributed by atoms with Crippen LogP contribution >= 0.6 is 11.3 Å². The average molecular weight is 282 g/mol. The average Bonchev–Trinajstić information content (AvgIpc) is 2.85. The molecule has 1 saturated carbocycles. The first-order valence-corrected chi connectivity index (χ1v) is 7.54. The van der Waals surface area contributed by atoms with Gasteiger partial charge in [0.1, 0.15) is 5.69 Å². The number of carboxylic acids is 1. The number of aliphatic carboxylic acids is 1. The molecule has 0 saturated heterocycles. The van der Waals surface area contributed by atoms with Crippen LogP contribution in [0.2, 0.25) is 0 Å². The van der Waals surface area contributed by atoms with E-state index in [1.807, 2.05) is 0 Å². The zero-order valence-corrected chi connectivity index (χ0v) is 11.5. The van der Waals surface area contributed by atoms with Crippen molar-refractivity contribution in [2.24, 2.45) is 5.92 Å². The van der Waals surface area contributed by atoms with Gasteiger partial charge in [-0.2, -0.15) is 0 Å². The summed E-state index contributed by atoms with van der Waals surface area (Å²) in [6.45, 7) is 0. The number of carbonyl (C=O) groups is 2. The normalized spacial score (nSPS) is 24.2. The number of aromatic nitrogens is 1. The van der Waals surface area contributed by atoms with E-state index in [4.69, 9.17) is 0 Å². The van der Waals surface area contributed by atoms with E-state index < -0.39 is 11.9 Å². The molecule has 1 heterocycles. The Morgan fingerprint density at radius 3 is 2.63 bits per heavy atom. The molecule has 1 amide bonds. The largest absolute Gasteiger partial charge is 0.481 e. The number of carboxylic acid groups (broad SMARTS) is 1. The van der Waals surface area contributed by atoms with Crippen LogP contribution in [-0.4, -0.2) is 28.0 Å². The molecule has 0 aromatic carbocycles. The van der Waals surface area contributed by atoms with Crippen molar-refractivity contribution in [3.63, 3.8) is 0 Å². The lowest BCUT2D eigenvalue weighted by Gasteiger charge is -2.26. The Morgan fingerprint density at radius 2 is 2.00 bits per heavy atom. The smallest absolute Gasteiger partial charge is 0.308 e. The third-order valence-corrected chi connectivity index (χ3v) is 4.15. The summed E-state index contributed by atoms with van der Waals surface area (Å²) >= 11 is 1.36. The summed E-state index contributed by atoms with van der Waals surface area (Å²) in [5, 5.41) is 13.8. The molecule has 2 unspecified atom stereocenters. The predicted molar refractivity (Wildman–Crippen MR) is 72.2 cm³/mol. The molecule has 2 atom stereocenters. The van der Waals surface area contributed by atoms with Crippen molar-refractivity contribution in [1.29, 1.82) is 0 Å². The highest BCUT2D eigenvalue weighted by Gasteiger charge is 2.30. The summed E-state index contributed by atoms with van der Waals surface area (Å²) in [5.74, 6) is -1.56. The van der Waals surface area contributed by atoms with E-state index in [-0.39, 0.29) is 11.9 Å². The van der Waals surface area contributed by atoms with Gasteiger partial charge >= 0.3 is 5.97 Å². The minimum atomic E-state index is -0.814. The van der Waals surface area contributed by atoms with Crippen LogP contribution in [0.25, 0.3) is 0 Å². The highest BCUT2D eigenvalue weighted by Crippen LogP contribution is 2.23. The van der Waals surface area contributed by atoms with Gasteiger partial charge in [-0.1, -0.05) is 25.7 Å². The molecule has 2 rings (SSSR count). The Labute approximate surface area is 116 Å². The second kappa shape index (κ2) is 6.65. The van der Waals surface area contributed by atoms with Gasteiger partial charge in [0.2, 0.25) is 0 Å². The van der Waals surface area contributed by atoms with Crippen LogP contribution in [0.15, 0.2) is 10.9 Å². The lowest BCUT2D eigenvalue weighted by Crippen LogP contribution is -2.44. The first kappa shape index (κ1) is 14.0. The molecule has 1 aliphatic carbocycles. The van der Waals surface area contributed by atoms with Gasteiger partial charge in [-0.15, -0.1) is 11.3 Å². The van der Waals surface area contributed by atoms with Crippen LogP contribution in [0.4, 0.5) is 0 Å². The molecule has 2 N–H and O–H groups in total. The highest BCUT2D eigenvalue weighted by atomic mass is 32.1. The lowest BCUT2D eigenvalue weighted by atomic mass is 9.86. The monoisotopic (exact) mass is 282 g/mol. The Hall–Kier alpha value is -1.43. The van der Waals surface area contributed by atoms with Gasteiger partial charge in [0.05, 0.1) is 11.4 Å². The summed E-state index contributed by atoms with van der Waals surface area (Å²) in [7, 11) is 0. The fourth-order valence-corrected chi connectivity index (χ4v) is 3.05. The van der Waals surface area contributed by atoms with Crippen molar-refractivity contribution >= 4 is 23.2 Å². The van der Waals surface area contributed by atoms with E-state index in [9.17, 15) is 14.7 Å². The number of rotatable bonds is 3. The fourth-order valence-electron chi connectivity index (χ4n) is 2.52. The van der Waals surface area contributed by atoms with Gasteiger partial charge in [-0.3, -0.25) is 9.59 Å². The molecule has 5 nitrogen and oxygen atoms in total. The van der Waals surface area contributed by atoms with E-state index in [1.165, 1.54) is 11.3 Å². The molecule has 0 aliphatic heterocycles. The summed E-state index contributed by atoms with van der Waals surface area (Å²) in [4.78, 5) is 27.3. The number of hydrogen-bond acceptors (Lipinski definition) is 4. The quantitative estimate of drug-likeness (QED) is 0.891. The minimum Gasteiger partial charge on any atom is -0.481 e.